The van der Waals surface area contributed by atoms with E-state index in [4.69, 9.17) is 14.2 Å². The molecule has 0 unspecified atom stereocenters. The van der Waals surface area contributed by atoms with Crippen molar-refractivity contribution in [2.45, 2.75) is 33.5 Å². The zero-order valence-corrected chi connectivity index (χ0v) is 14.7. The highest BCUT2D eigenvalue weighted by Gasteiger charge is 2.39. The van der Waals surface area contributed by atoms with Gasteiger partial charge >= 0.3 is 11.9 Å². The van der Waals surface area contributed by atoms with Crippen LogP contribution in [-0.2, 0) is 19.1 Å². The van der Waals surface area contributed by atoms with Gasteiger partial charge in [-0.25, -0.2) is 9.59 Å². The Morgan fingerprint density at radius 1 is 1.12 bits per heavy atom. The van der Waals surface area contributed by atoms with Crippen LogP contribution in [0.15, 0.2) is 23.8 Å². The Kier molecular flexibility index (Phi) is 5.17. The second-order valence-electron chi connectivity index (χ2n) is 5.84. The first-order valence-corrected chi connectivity index (χ1v) is 7.92. The summed E-state index contributed by atoms with van der Waals surface area (Å²) in [5.41, 5.74) is 1.47. The van der Waals surface area contributed by atoms with Crippen molar-refractivity contribution in [1.82, 2.24) is 0 Å². The summed E-state index contributed by atoms with van der Waals surface area (Å²) in [6, 6.07) is 5.61. The summed E-state index contributed by atoms with van der Waals surface area (Å²) < 4.78 is 15.6. The molecule has 24 heavy (non-hydrogen) atoms. The van der Waals surface area contributed by atoms with E-state index in [1.165, 1.54) is 19.9 Å². The zero-order chi connectivity index (χ0) is 17.9. The maximum atomic E-state index is 12.1. The molecule has 1 aromatic carbocycles. The summed E-state index contributed by atoms with van der Waals surface area (Å²) >= 11 is 0. The van der Waals surface area contributed by atoms with Crippen LogP contribution < -0.4 is 9.64 Å². The Morgan fingerprint density at radius 3 is 2.21 bits per heavy atom. The number of cyclic esters (lactones) is 2. The first-order chi connectivity index (χ1) is 11.3. The molecule has 6 nitrogen and oxygen atoms in total. The molecule has 2 rings (SSSR count). The Balaban J connectivity index is 2.38. The Bertz CT molecular complexity index is 652. The zero-order valence-electron chi connectivity index (χ0n) is 14.7. The van der Waals surface area contributed by atoms with Gasteiger partial charge in [-0.05, 0) is 32.1 Å². The van der Waals surface area contributed by atoms with Crippen LogP contribution in [-0.4, -0.2) is 37.9 Å². The predicted molar refractivity (Wildman–Crippen MR) is 90.8 cm³/mol. The van der Waals surface area contributed by atoms with Crippen molar-refractivity contribution in [3.05, 3.63) is 29.3 Å². The third-order valence-corrected chi connectivity index (χ3v) is 3.76. The van der Waals surface area contributed by atoms with Crippen LogP contribution >= 0.6 is 0 Å². The van der Waals surface area contributed by atoms with Gasteiger partial charge in [-0.1, -0.05) is 0 Å². The molecule has 0 atom stereocenters. The van der Waals surface area contributed by atoms with Gasteiger partial charge in [0.1, 0.15) is 11.3 Å². The molecule has 0 bridgehead atoms. The van der Waals surface area contributed by atoms with Gasteiger partial charge in [-0.3, -0.25) is 0 Å². The molecule has 130 valence electrons. The summed E-state index contributed by atoms with van der Waals surface area (Å²) in [5.74, 6) is -2.09. The van der Waals surface area contributed by atoms with E-state index in [-0.39, 0.29) is 5.57 Å². The molecule has 0 spiro atoms. The van der Waals surface area contributed by atoms with Gasteiger partial charge in [0.15, 0.2) is 0 Å². The van der Waals surface area contributed by atoms with E-state index in [0.29, 0.717) is 11.3 Å². The van der Waals surface area contributed by atoms with Crippen LogP contribution in [0.2, 0.25) is 0 Å². The average molecular weight is 333 g/mol. The molecule has 0 saturated carbocycles. The Hall–Kier alpha value is -2.50. The van der Waals surface area contributed by atoms with Gasteiger partial charge in [0.05, 0.1) is 7.11 Å². The van der Waals surface area contributed by atoms with Crippen LogP contribution in [0.5, 0.6) is 5.75 Å². The quantitative estimate of drug-likeness (QED) is 0.469. The van der Waals surface area contributed by atoms with Crippen LogP contribution in [0.25, 0.3) is 6.08 Å². The van der Waals surface area contributed by atoms with Gasteiger partial charge in [0, 0.05) is 44.3 Å². The van der Waals surface area contributed by atoms with E-state index in [2.05, 4.69) is 18.7 Å². The van der Waals surface area contributed by atoms with Crippen LogP contribution in [0.4, 0.5) is 5.69 Å². The number of carbonyl (C=O) groups excluding carboxylic acids is 2. The first kappa shape index (κ1) is 17.8. The molecular weight excluding hydrogens is 310 g/mol. The topological polar surface area (TPSA) is 65.1 Å². The molecule has 1 heterocycles. The van der Waals surface area contributed by atoms with E-state index in [9.17, 15) is 9.59 Å². The molecule has 0 N–H and O–H groups in total. The standard InChI is InChI=1S/C18H23NO5/c1-6-19(7-2)13-9-8-12(15(11-13)22-5)10-14-16(20)23-18(3,4)24-17(14)21/h8-11H,6-7H2,1-5H3. The molecule has 1 aliphatic rings. The third-order valence-electron chi connectivity index (χ3n) is 3.76. The normalized spacial score (nSPS) is 16.3. The lowest BCUT2D eigenvalue weighted by atomic mass is 10.1. The number of hydrogen-bond acceptors (Lipinski definition) is 6. The van der Waals surface area contributed by atoms with E-state index in [0.717, 1.165) is 18.8 Å². The van der Waals surface area contributed by atoms with E-state index in [1.54, 1.807) is 13.2 Å². The van der Waals surface area contributed by atoms with E-state index in [1.807, 2.05) is 12.1 Å². The van der Waals surface area contributed by atoms with Crippen molar-refractivity contribution in [2.24, 2.45) is 0 Å². The van der Waals surface area contributed by atoms with Crippen LogP contribution in [0.1, 0.15) is 33.3 Å². The van der Waals surface area contributed by atoms with Crippen LogP contribution in [0.3, 0.4) is 0 Å². The summed E-state index contributed by atoms with van der Waals surface area (Å²) in [5, 5.41) is 0. The monoisotopic (exact) mass is 333 g/mol. The lowest BCUT2D eigenvalue weighted by molar-refractivity contribution is -0.222. The molecule has 0 aromatic heterocycles. The lowest BCUT2D eigenvalue weighted by Gasteiger charge is -2.29. The highest BCUT2D eigenvalue weighted by Crippen LogP contribution is 2.30. The predicted octanol–water partition coefficient (Wildman–Crippen LogP) is 2.76. The van der Waals surface area contributed by atoms with Crippen molar-refractivity contribution >= 4 is 23.7 Å². The van der Waals surface area contributed by atoms with Crippen molar-refractivity contribution in [3.8, 4) is 5.75 Å². The summed E-state index contributed by atoms with van der Waals surface area (Å²) in [4.78, 5) is 26.3. The summed E-state index contributed by atoms with van der Waals surface area (Å²) in [7, 11) is 1.55. The molecule has 1 aromatic rings. The number of benzene rings is 1. The molecule has 0 amide bonds. The van der Waals surface area contributed by atoms with Crippen LogP contribution in [0, 0.1) is 0 Å². The lowest BCUT2D eigenvalue weighted by Crippen LogP contribution is -2.41. The van der Waals surface area contributed by atoms with Gasteiger partial charge in [-0.15, -0.1) is 0 Å². The fourth-order valence-corrected chi connectivity index (χ4v) is 2.54. The highest BCUT2D eigenvalue weighted by atomic mass is 16.7. The average Bonchev–Trinajstić information content (AvgIpc) is 2.51. The molecule has 1 saturated heterocycles. The van der Waals surface area contributed by atoms with Gasteiger partial charge in [0.25, 0.3) is 5.79 Å². The minimum Gasteiger partial charge on any atom is -0.496 e. The maximum Gasteiger partial charge on any atom is 0.348 e. The molecule has 0 radical (unpaired) electrons. The van der Waals surface area contributed by atoms with Gasteiger partial charge in [0.2, 0.25) is 0 Å². The summed E-state index contributed by atoms with van der Waals surface area (Å²) in [6.45, 7) is 8.91. The second kappa shape index (κ2) is 6.95. The molecule has 6 heteroatoms. The molecule has 1 fully saturated rings. The fraction of sp³-hybridized carbons (Fsp3) is 0.444. The molecule has 0 aliphatic carbocycles. The minimum absolute atomic E-state index is 0.150. The second-order valence-corrected chi connectivity index (χ2v) is 5.84. The largest absolute Gasteiger partial charge is 0.496 e. The number of hydrogen-bond donors (Lipinski definition) is 0. The van der Waals surface area contributed by atoms with Crippen molar-refractivity contribution in [3.63, 3.8) is 0 Å². The van der Waals surface area contributed by atoms with Crippen molar-refractivity contribution < 1.29 is 23.8 Å². The van der Waals surface area contributed by atoms with Gasteiger partial charge < -0.3 is 19.1 Å². The number of methoxy groups -OCH3 is 1. The number of nitrogens with zero attached hydrogens (tertiary/aromatic N) is 1. The number of anilines is 1. The van der Waals surface area contributed by atoms with E-state index < -0.39 is 17.7 Å². The number of carbonyl (C=O) groups is 2. The fourth-order valence-electron chi connectivity index (χ4n) is 2.54. The number of rotatable bonds is 5. The molecule has 1 aliphatic heterocycles. The van der Waals surface area contributed by atoms with Crippen molar-refractivity contribution in [1.29, 1.82) is 0 Å². The SMILES string of the molecule is CCN(CC)c1ccc(C=C2C(=O)OC(C)(C)OC2=O)c(OC)c1. The smallest absolute Gasteiger partial charge is 0.348 e. The maximum absolute atomic E-state index is 12.1. The van der Waals surface area contributed by atoms with Gasteiger partial charge in [-0.2, -0.15) is 0 Å². The first-order valence-electron chi connectivity index (χ1n) is 7.92. The Labute approximate surface area is 142 Å². The van der Waals surface area contributed by atoms with E-state index >= 15 is 0 Å². The minimum atomic E-state index is -1.25. The summed E-state index contributed by atoms with van der Waals surface area (Å²) in [6.07, 6.45) is 1.44. The number of ether oxygens (including phenoxy) is 3. The van der Waals surface area contributed by atoms with Crippen molar-refractivity contribution in [2.75, 3.05) is 25.1 Å². The third kappa shape index (κ3) is 3.69. The molecular formula is C18H23NO5. The Morgan fingerprint density at radius 2 is 1.71 bits per heavy atom. The number of esters is 2. The highest BCUT2D eigenvalue weighted by molar-refractivity contribution is 6.19.